The quantitative estimate of drug-likeness (QED) is 0.366. The van der Waals surface area contributed by atoms with Gasteiger partial charge in [0.1, 0.15) is 6.04 Å². The number of rotatable bonds is 10. The van der Waals surface area contributed by atoms with Gasteiger partial charge < -0.3 is 10.2 Å². The Morgan fingerprint density at radius 3 is 2.13 bits per heavy atom. The minimum Gasteiger partial charge on any atom is -0.352 e. The van der Waals surface area contributed by atoms with Crippen molar-refractivity contribution in [2.45, 2.75) is 58.2 Å². The van der Waals surface area contributed by atoms with Gasteiger partial charge in [-0.25, -0.2) is 0 Å². The smallest absolute Gasteiger partial charge is 0.243 e. The number of benzene rings is 2. The van der Waals surface area contributed by atoms with Crippen molar-refractivity contribution in [2.75, 3.05) is 6.54 Å². The number of hydrogen-bond donors (Lipinski definition) is 1. The summed E-state index contributed by atoms with van der Waals surface area (Å²) < 4.78 is 0. The van der Waals surface area contributed by atoms with E-state index in [1.165, 1.54) is 4.90 Å². The number of imide groups is 1. The van der Waals surface area contributed by atoms with Gasteiger partial charge in [0.15, 0.2) is 0 Å². The van der Waals surface area contributed by atoms with E-state index in [1.807, 2.05) is 68.5 Å². The van der Waals surface area contributed by atoms with E-state index >= 15 is 0 Å². The molecule has 0 unspecified atom stereocenters. The molecule has 1 heterocycles. The Hall–Kier alpha value is -3.45. The van der Waals surface area contributed by atoms with Crippen molar-refractivity contribution in [3.05, 3.63) is 82.9 Å². The highest BCUT2D eigenvalue weighted by Crippen LogP contribution is 2.35. The van der Waals surface area contributed by atoms with Crippen LogP contribution in [0.2, 0.25) is 5.02 Å². The highest BCUT2D eigenvalue weighted by atomic mass is 35.5. The highest BCUT2D eigenvalue weighted by molar-refractivity contribution is 6.30. The van der Waals surface area contributed by atoms with E-state index in [-0.39, 0.29) is 61.0 Å². The van der Waals surface area contributed by atoms with Crippen LogP contribution in [0.25, 0.3) is 0 Å². The largest absolute Gasteiger partial charge is 0.352 e. The maximum atomic E-state index is 13.8. The Balaban J connectivity index is 1.58. The van der Waals surface area contributed by atoms with Gasteiger partial charge in [0, 0.05) is 37.0 Å². The van der Waals surface area contributed by atoms with Gasteiger partial charge in [-0.1, -0.05) is 66.2 Å². The normalized spacial score (nSPS) is 19.4. The van der Waals surface area contributed by atoms with Crippen LogP contribution in [0.4, 0.5) is 0 Å². The molecule has 0 aromatic heterocycles. The van der Waals surface area contributed by atoms with Gasteiger partial charge >= 0.3 is 0 Å². The zero-order valence-electron chi connectivity index (χ0n) is 21.8. The molecule has 4 amide bonds. The molecule has 0 saturated carbocycles. The SMILES string of the molecule is CC(C)NC(=O)[C@@H](Cc1ccccc1)N(Cc1ccc(Cl)cc1)C(=O)CCN1C(=O)[C@H]2CC=CC[C@H]2C1=O. The van der Waals surface area contributed by atoms with Gasteiger partial charge in [0.05, 0.1) is 11.8 Å². The van der Waals surface area contributed by atoms with Crippen LogP contribution >= 0.6 is 11.6 Å². The Bertz CT molecular complexity index is 1170. The second-order valence-electron chi connectivity index (χ2n) is 10.3. The molecule has 1 saturated heterocycles. The van der Waals surface area contributed by atoms with Gasteiger partial charge in [-0.05, 0) is 49.9 Å². The first-order valence-corrected chi connectivity index (χ1v) is 13.5. The molecular formula is C30H34ClN3O4. The lowest BCUT2D eigenvalue weighted by Gasteiger charge is -2.32. The van der Waals surface area contributed by atoms with Crippen molar-refractivity contribution in [3.63, 3.8) is 0 Å². The number of nitrogens with one attached hydrogen (secondary N) is 1. The molecule has 0 spiro atoms. The van der Waals surface area contributed by atoms with Crippen molar-refractivity contribution in [2.24, 2.45) is 11.8 Å². The molecule has 38 heavy (non-hydrogen) atoms. The van der Waals surface area contributed by atoms with Crippen molar-refractivity contribution < 1.29 is 19.2 Å². The maximum absolute atomic E-state index is 13.8. The van der Waals surface area contributed by atoms with E-state index in [0.29, 0.717) is 24.3 Å². The minimum atomic E-state index is -0.778. The number of allylic oxidation sites excluding steroid dienone is 2. The summed E-state index contributed by atoms with van der Waals surface area (Å²) in [6.45, 7) is 3.95. The van der Waals surface area contributed by atoms with Crippen LogP contribution in [0.5, 0.6) is 0 Å². The Morgan fingerprint density at radius 2 is 1.55 bits per heavy atom. The van der Waals surface area contributed by atoms with E-state index in [9.17, 15) is 19.2 Å². The third-order valence-electron chi connectivity index (χ3n) is 7.12. The fraction of sp³-hybridized carbons (Fsp3) is 0.400. The Kier molecular flexibility index (Phi) is 9.00. The van der Waals surface area contributed by atoms with Crippen molar-refractivity contribution in [1.82, 2.24) is 15.1 Å². The number of amides is 4. The van der Waals surface area contributed by atoms with Crippen LogP contribution in [-0.2, 0) is 32.1 Å². The van der Waals surface area contributed by atoms with Crippen LogP contribution in [0.15, 0.2) is 66.7 Å². The standard InChI is InChI=1S/C30H34ClN3O4/c1-20(2)32-28(36)26(18-21-8-4-3-5-9-21)34(19-22-12-14-23(31)15-13-22)27(35)16-17-33-29(37)24-10-6-7-11-25(24)30(33)38/h3-9,12-15,20,24-26H,10-11,16-19H2,1-2H3,(H,32,36)/t24-,25+,26-/m1/s1. The van der Waals surface area contributed by atoms with Crippen LogP contribution in [0, 0.1) is 11.8 Å². The third kappa shape index (κ3) is 6.51. The number of halogens is 1. The maximum Gasteiger partial charge on any atom is 0.243 e. The highest BCUT2D eigenvalue weighted by Gasteiger charge is 2.47. The fourth-order valence-corrected chi connectivity index (χ4v) is 5.29. The third-order valence-corrected chi connectivity index (χ3v) is 7.37. The van der Waals surface area contributed by atoms with Gasteiger partial charge in [-0.15, -0.1) is 0 Å². The number of fused-ring (bicyclic) bond motifs is 1. The molecule has 7 nitrogen and oxygen atoms in total. The lowest BCUT2D eigenvalue weighted by atomic mass is 9.85. The van der Waals surface area contributed by atoms with E-state index in [1.54, 1.807) is 17.0 Å². The van der Waals surface area contributed by atoms with Crippen LogP contribution in [0.3, 0.4) is 0 Å². The van der Waals surface area contributed by atoms with Gasteiger partial charge in [-0.2, -0.15) is 0 Å². The number of nitrogens with zero attached hydrogens (tertiary/aromatic N) is 2. The zero-order valence-corrected chi connectivity index (χ0v) is 22.6. The first-order chi connectivity index (χ1) is 18.2. The molecule has 2 aliphatic rings. The van der Waals surface area contributed by atoms with E-state index in [0.717, 1.165) is 11.1 Å². The summed E-state index contributed by atoms with van der Waals surface area (Å²) >= 11 is 6.07. The summed E-state index contributed by atoms with van der Waals surface area (Å²) in [6.07, 6.45) is 5.26. The van der Waals surface area contributed by atoms with Gasteiger partial charge in [0.25, 0.3) is 0 Å². The molecule has 2 aromatic carbocycles. The summed E-state index contributed by atoms with van der Waals surface area (Å²) in [5.74, 6) is -1.64. The molecule has 3 atom stereocenters. The number of hydrogen-bond acceptors (Lipinski definition) is 4. The summed E-state index contributed by atoms with van der Waals surface area (Å²) in [7, 11) is 0. The van der Waals surface area contributed by atoms with Gasteiger partial charge in [-0.3, -0.25) is 24.1 Å². The van der Waals surface area contributed by atoms with E-state index in [2.05, 4.69) is 5.32 Å². The lowest BCUT2D eigenvalue weighted by molar-refractivity contribution is -0.144. The van der Waals surface area contributed by atoms with Gasteiger partial charge in [0.2, 0.25) is 23.6 Å². The monoisotopic (exact) mass is 535 g/mol. The summed E-state index contributed by atoms with van der Waals surface area (Å²) in [6, 6.07) is 15.8. The molecule has 1 aliphatic carbocycles. The minimum absolute atomic E-state index is 0.00444. The molecule has 4 rings (SSSR count). The Morgan fingerprint density at radius 1 is 0.947 bits per heavy atom. The molecule has 1 fully saturated rings. The summed E-state index contributed by atoms with van der Waals surface area (Å²) in [4.78, 5) is 55.9. The number of carbonyl (C=O) groups is 4. The molecule has 1 aliphatic heterocycles. The lowest BCUT2D eigenvalue weighted by Crippen LogP contribution is -2.52. The zero-order chi connectivity index (χ0) is 27.2. The second-order valence-corrected chi connectivity index (χ2v) is 10.7. The number of likely N-dealkylation sites (tertiary alicyclic amines) is 1. The molecule has 2 aromatic rings. The van der Waals surface area contributed by atoms with E-state index < -0.39 is 6.04 Å². The molecule has 0 bridgehead atoms. The molecule has 200 valence electrons. The van der Waals surface area contributed by atoms with E-state index in [4.69, 9.17) is 11.6 Å². The first-order valence-electron chi connectivity index (χ1n) is 13.1. The molecule has 8 heteroatoms. The van der Waals surface area contributed by atoms with Crippen molar-refractivity contribution in [1.29, 1.82) is 0 Å². The second kappa shape index (κ2) is 12.4. The van der Waals surface area contributed by atoms with Crippen molar-refractivity contribution >= 4 is 35.2 Å². The molecular weight excluding hydrogens is 502 g/mol. The topological polar surface area (TPSA) is 86.8 Å². The summed E-state index contributed by atoms with van der Waals surface area (Å²) in [5, 5.41) is 3.53. The molecule has 0 radical (unpaired) electrons. The predicted molar refractivity (Wildman–Crippen MR) is 146 cm³/mol. The van der Waals surface area contributed by atoms with Crippen molar-refractivity contribution in [3.8, 4) is 0 Å². The Labute approximate surface area is 228 Å². The van der Waals surface area contributed by atoms with Crippen LogP contribution < -0.4 is 5.32 Å². The average Bonchev–Trinajstić information content (AvgIpc) is 3.15. The summed E-state index contributed by atoms with van der Waals surface area (Å²) in [5.41, 5.74) is 1.75. The van der Waals surface area contributed by atoms with Crippen LogP contribution in [0.1, 0.15) is 44.2 Å². The fourth-order valence-electron chi connectivity index (χ4n) is 5.16. The first kappa shape index (κ1) is 27.6. The number of carbonyl (C=O) groups excluding carboxylic acids is 4. The predicted octanol–water partition coefficient (Wildman–Crippen LogP) is 4.15. The molecule has 1 N–H and O–H groups in total. The van der Waals surface area contributed by atoms with Crippen LogP contribution in [-0.4, -0.2) is 52.1 Å². The average molecular weight is 536 g/mol.